The minimum atomic E-state index is -0.273. The number of hydrogen-bond donors (Lipinski definition) is 2. The Morgan fingerprint density at radius 3 is 2.07 bits per heavy atom. The number of likely N-dealkylation sites (tertiary alicyclic amines) is 1. The van der Waals surface area contributed by atoms with E-state index in [0.29, 0.717) is 22.9 Å². The second-order valence-corrected chi connectivity index (χ2v) is 7.51. The van der Waals surface area contributed by atoms with Crippen LogP contribution in [0.25, 0.3) is 0 Å². The molecule has 3 rings (SSSR count). The van der Waals surface area contributed by atoms with Crippen LogP contribution in [0.4, 0.5) is 11.4 Å². The fraction of sp³-hybridized carbons (Fsp3) is 0.571. The molecule has 158 valence electrons. The predicted molar refractivity (Wildman–Crippen MR) is 109 cm³/mol. The lowest BCUT2D eigenvalue weighted by Gasteiger charge is -2.26. The Morgan fingerprint density at radius 2 is 1.52 bits per heavy atom. The Labute approximate surface area is 170 Å². The molecule has 0 radical (unpaired) electrons. The van der Waals surface area contributed by atoms with Gasteiger partial charge in [-0.2, -0.15) is 0 Å². The molecule has 1 aromatic rings. The Morgan fingerprint density at radius 1 is 0.931 bits per heavy atom. The number of methoxy groups -OCH3 is 2. The van der Waals surface area contributed by atoms with Gasteiger partial charge in [0.25, 0.3) is 0 Å². The Hall–Kier alpha value is -2.77. The van der Waals surface area contributed by atoms with Gasteiger partial charge in [-0.1, -0.05) is 0 Å². The summed E-state index contributed by atoms with van der Waals surface area (Å²) < 4.78 is 10.7. The van der Waals surface area contributed by atoms with Crippen molar-refractivity contribution in [3.05, 3.63) is 12.1 Å². The normalized spacial score (nSPS) is 16.1. The molecule has 0 aromatic heterocycles. The second kappa shape index (κ2) is 9.62. The molecule has 1 aliphatic heterocycles. The van der Waals surface area contributed by atoms with Crippen LogP contribution in [0.15, 0.2) is 12.1 Å². The molecule has 0 bridgehead atoms. The van der Waals surface area contributed by atoms with Crippen molar-refractivity contribution in [1.82, 2.24) is 4.90 Å². The summed E-state index contributed by atoms with van der Waals surface area (Å²) in [6.45, 7) is 1.55. The summed E-state index contributed by atoms with van der Waals surface area (Å²) >= 11 is 0. The zero-order chi connectivity index (χ0) is 20.8. The molecule has 29 heavy (non-hydrogen) atoms. The van der Waals surface area contributed by atoms with Crippen LogP contribution in [0.2, 0.25) is 0 Å². The van der Waals surface area contributed by atoms with E-state index in [0.717, 1.165) is 45.2 Å². The van der Waals surface area contributed by atoms with Crippen LogP contribution in [0, 0.1) is 5.92 Å². The number of piperidine rings is 1. The van der Waals surface area contributed by atoms with E-state index in [-0.39, 0.29) is 36.5 Å². The average Bonchev–Trinajstić information content (AvgIpc) is 3.58. The topological polar surface area (TPSA) is 97.0 Å². The highest BCUT2D eigenvalue weighted by Crippen LogP contribution is 2.38. The molecule has 8 nitrogen and oxygen atoms in total. The number of carbonyl (C=O) groups is 3. The maximum Gasteiger partial charge on any atom is 0.227 e. The van der Waals surface area contributed by atoms with Gasteiger partial charge in [0, 0.05) is 44.0 Å². The monoisotopic (exact) mass is 403 g/mol. The van der Waals surface area contributed by atoms with Crippen molar-refractivity contribution >= 4 is 29.1 Å². The Bertz CT molecular complexity index is 770. The molecule has 2 fully saturated rings. The molecule has 0 unspecified atom stereocenters. The van der Waals surface area contributed by atoms with E-state index in [4.69, 9.17) is 9.47 Å². The number of ether oxygens (including phenoxy) is 2. The van der Waals surface area contributed by atoms with Gasteiger partial charge >= 0.3 is 0 Å². The van der Waals surface area contributed by atoms with Gasteiger partial charge in [-0.25, -0.2) is 0 Å². The quantitative estimate of drug-likeness (QED) is 0.696. The smallest absolute Gasteiger partial charge is 0.227 e. The molecule has 2 N–H and O–H groups in total. The third-order valence-corrected chi connectivity index (χ3v) is 5.28. The zero-order valence-corrected chi connectivity index (χ0v) is 17.1. The molecule has 3 amide bonds. The molecule has 1 saturated heterocycles. The van der Waals surface area contributed by atoms with Crippen molar-refractivity contribution in [3.63, 3.8) is 0 Å². The number of benzene rings is 1. The number of amides is 3. The highest BCUT2D eigenvalue weighted by molar-refractivity contribution is 5.98. The van der Waals surface area contributed by atoms with Gasteiger partial charge in [0.2, 0.25) is 17.7 Å². The highest BCUT2D eigenvalue weighted by Gasteiger charge is 2.30. The summed E-state index contributed by atoms with van der Waals surface area (Å²) in [6, 6.07) is 3.25. The van der Waals surface area contributed by atoms with Gasteiger partial charge in [0.1, 0.15) is 11.5 Å². The summed E-state index contributed by atoms with van der Waals surface area (Å²) in [5.74, 6) is 0.598. The zero-order valence-electron chi connectivity index (χ0n) is 17.1. The van der Waals surface area contributed by atoms with E-state index in [9.17, 15) is 14.4 Å². The first-order valence-corrected chi connectivity index (χ1v) is 10.2. The van der Waals surface area contributed by atoms with Crippen LogP contribution in [0.1, 0.15) is 44.9 Å². The second-order valence-electron chi connectivity index (χ2n) is 7.51. The third-order valence-electron chi connectivity index (χ3n) is 5.28. The minimum absolute atomic E-state index is 0.0162. The predicted octanol–water partition coefficient (Wildman–Crippen LogP) is 2.78. The maximum atomic E-state index is 12.4. The van der Waals surface area contributed by atoms with Gasteiger partial charge in [-0.05, 0) is 32.1 Å². The number of anilines is 2. The van der Waals surface area contributed by atoms with Crippen LogP contribution in [-0.2, 0) is 14.4 Å². The van der Waals surface area contributed by atoms with Crippen molar-refractivity contribution in [2.45, 2.75) is 44.9 Å². The summed E-state index contributed by atoms with van der Waals surface area (Å²) in [6.07, 6.45) is 5.28. The van der Waals surface area contributed by atoms with Crippen LogP contribution in [0.5, 0.6) is 11.5 Å². The number of carbonyl (C=O) groups excluding carboxylic acids is 3. The largest absolute Gasteiger partial charge is 0.494 e. The van der Waals surface area contributed by atoms with Crippen molar-refractivity contribution in [1.29, 1.82) is 0 Å². The lowest BCUT2D eigenvalue weighted by molar-refractivity contribution is -0.133. The van der Waals surface area contributed by atoms with Crippen molar-refractivity contribution in [3.8, 4) is 11.5 Å². The SMILES string of the molecule is COc1cc(NC(=O)C2CC2)c(OC)cc1NC(=O)CCC(=O)N1CCCCC1. The van der Waals surface area contributed by atoms with Gasteiger partial charge in [0.05, 0.1) is 25.6 Å². The molecule has 1 saturated carbocycles. The molecule has 8 heteroatoms. The summed E-state index contributed by atoms with van der Waals surface area (Å²) in [5, 5.41) is 5.63. The summed E-state index contributed by atoms with van der Waals surface area (Å²) in [5.41, 5.74) is 0.934. The van der Waals surface area contributed by atoms with Crippen LogP contribution in [0.3, 0.4) is 0 Å². The van der Waals surface area contributed by atoms with Gasteiger partial charge < -0.3 is 25.0 Å². The van der Waals surface area contributed by atoms with Gasteiger partial charge in [-0.15, -0.1) is 0 Å². The molecule has 1 aromatic carbocycles. The van der Waals surface area contributed by atoms with E-state index in [1.54, 1.807) is 12.1 Å². The van der Waals surface area contributed by atoms with Crippen LogP contribution < -0.4 is 20.1 Å². The fourth-order valence-corrected chi connectivity index (χ4v) is 3.41. The third kappa shape index (κ3) is 5.62. The first-order valence-electron chi connectivity index (χ1n) is 10.2. The van der Waals surface area contributed by atoms with E-state index in [1.807, 2.05) is 4.90 Å². The Kier molecular flexibility index (Phi) is 6.95. The lowest BCUT2D eigenvalue weighted by atomic mass is 10.1. The number of rotatable bonds is 8. The maximum absolute atomic E-state index is 12.4. The summed E-state index contributed by atoms with van der Waals surface area (Å²) in [4.78, 5) is 38.5. The van der Waals surface area contributed by atoms with Crippen molar-refractivity contribution < 1.29 is 23.9 Å². The fourth-order valence-electron chi connectivity index (χ4n) is 3.41. The van der Waals surface area contributed by atoms with Gasteiger partial charge in [-0.3, -0.25) is 14.4 Å². The summed E-state index contributed by atoms with van der Waals surface area (Å²) in [7, 11) is 2.99. The van der Waals surface area contributed by atoms with Crippen LogP contribution in [-0.4, -0.2) is 49.9 Å². The Balaban J connectivity index is 1.61. The molecule has 0 spiro atoms. The van der Waals surface area contributed by atoms with Crippen molar-refractivity contribution in [2.75, 3.05) is 37.9 Å². The number of nitrogens with zero attached hydrogens (tertiary/aromatic N) is 1. The van der Waals surface area contributed by atoms with E-state index < -0.39 is 0 Å². The molecule has 1 aliphatic carbocycles. The molecule has 1 heterocycles. The average molecular weight is 403 g/mol. The minimum Gasteiger partial charge on any atom is -0.494 e. The molecular weight excluding hydrogens is 374 g/mol. The molecule has 2 aliphatic rings. The first kappa shape index (κ1) is 21.0. The number of nitrogens with one attached hydrogen (secondary N) is 2. The first-order chi connectivity index (χ1) is 14.0. The van der Waals surface area contributed by atoms with Crippen molar-refractivity contribution in [2.24, 2.45) is 5.92 Å². The van der Waals surface area contributed by atoms with E-state index >= 15 is 0 Å². The standard InChI is InChI=1S/C21H29N3O5/c1-28-17-13-16(23-21(27)14-6-7-14)18(29-2)12-15(17)22-19(25)8-9-20(26)24-10-4-3-5-11-24/h12-14H,3-11H2,1-2H3,(H,22,25)(H,23,27). The number of hydrogen-bond acceptors (Lipinski definition) is 5. The van der Waals surface area contributed by atoms with E-state index in [1.165, 1.54) is 14.2 Å². The lowest BCUT2D eigenvalue weighted by Crippen LogP contribution is -2.35. The molecular formula is C21H29N3O5. The molecule has 0 atom stereocenters. The highest BCUT2D eigenvalue weighted by atomic mass is 16.5. The van der Waals surface area contributed by atoms with Crippen LogP contribution >= 0.6 is 0 Å². The van der Waals surface area contributed by atoms with E-state index in [2.05, 4.69) is 10.6 Å². The van der Waals surface area contributed by atoms with Gasteiger partial charge in [0.15, 0.2) is 0 Å².